The van der Waals surface area contributed by atoms with Crippen LogP contribution in [0.3, 0.4) is 0 Å². The van der Waals surface area contributed by atoms with Gasteiger partial charge in [0.2, 0.25) is 5.91 Å². The highest BCUT2D eigenvalue weighted by atomic mass is 35.5. The number of carbonyl (C=O) groups is 2. The third kappa shape index (κ3) is 8.18. The lowest BCUT2D eigenvalue weighted by molar-refractivity contribution is -0.123. The van der Waals surface area contributed by atoms with Crippen molar-refractivity contribution in [1.82, 2.24) is 14.1 Å². The van der Waals surface area contributed by atoms with Crippen molar-refractivity contribution in [2.45, 2.75) is 68.8 Å². The van der Waals surface area contributed by atoms with Gasteiger partial charge >= 0.3 is 0 Å². The highest BCUT2D eigenvalue weighted by Crippen LogP contribution is 2.25. The van der Waals surface area contributed by atoms with Gasteiger partial charge in [0.25, 0.3) is 5.24 Å². The summed E-state index contributed by atoms with van der Waals surface area (Å²) in [4.78, 5) is 28.1. The molecular formula is C25H39ClN4O3S2. The van der Waals surface area contributed by atoms with Crippen LogP contribution in [-0.2, 0) is 15.8 Å². The smallest absolute Gasteiger partial charge is 0.281 e. The van der Waals surface area contributed by atoms with Crippen LogP contribution in [0.4, 0.5) is 4.79 Å². The molecule has 10 heteroatoms. The molecule has 2 N–H and O–H groups in total. The van der Waals surface area contributed by atoms with Gasteiger partial charge in [0.15, 0.2) is 0 Å². The number of piperidine rings is 3. The Balaban J connectivity index is 0.000000198. The molecule has 0 spiro atoms. The van der Waals surface area contributed by atoms with E-state index in [-0.39, 0.29) is 17.1 Å². The first-order chi connectivity index (χ1) is 16.8. The van der Waals surface area contributed by atoms with Crippen LogP contribution in [0.2, 0.25) is 5.02 Å². The maximum atomic E-state index is 12.3. The summed E-state index contributed by atoms with van der Waals surface area (Å²) in [5.74, 6) is -0.119. The number of nitrogens with zero attached hydrogens (tertiary/aromatic N) is 3. The number of likely N-dealkylation sites (tertiary alicyclic amines) is 2. The highest BCUT2D eigenvalue weighted by molar-refractivity contribution is 8.12. The summed E-state index contributed by atoms with van der Waals surface area (Å²) in [5.41, 5.74) is 5.36. The van der Waals surface area contributed by atoms with Crippen LogP contribution in [0, 0.1) is 5.92 Å². The van der Waals surface area contributed by atoms with E-state index in [1.165, 1.54) is 18.2 Å². The molecule has 35 heavy (non-hydrogen) atoms. The van der Waals surface area contributed by atoms with E-state index in [9.17, 15) is 13.8 Å². The van der Waals surface area contributed by atoms with E-state index in [1.54, 1.807) is 12.1 Å². The number of thioether (sulfide) groups is 1. The minimum Gasteiger partial charge on any atom is -0.369 e. The number of hydrogen-bond acceptors (Lipinski definition) is 5. The van der Waals surface area contributed by atoms with Gasteiger partial charge < -0.3 is 10.6 Å². The SMILES string of the molecule is CSC(=O)N1CCCC(N2CCC(C(N)=O)CC2)C1.C[C@@H]1CCCCN1S(=O)c1ccc(Cl)cc1. The minimum atomic E-state index is -1.03. The molecule has 3 aliphatic heterocycles. The van der Waals surface area contributed by atoms with Crippen molar-refractivity contribution >= 4 is 45.5 Å². The molecule has 7 nitrogen and oxygen atoms in total. The van der Waals surface area contributed by atoms with Crippen LogP contribution in [0.1, 0.15) is 51.9 Å². The van der Waals surface area contributed by atoms with Gasteiger partial charge in [-0.05, 0) is 89.1 Å². The molecule has 0 aliphatic carbocycles. The number of hydrogen-bond donors (Lipinski definition) is 1. The minimum absolute atomic E-state index is 0.0452. The number of halogens is 1. The van der Waals surface area contributed by atoms with Crippen LogP contribution >= 0.6 is 23.4 Å². The van der Waals surface area contributed by atoms with Crippen molar-refractivity contribution in [1.29, 1.82) is 0 Å². The molecule has 3 atom stereocenters. The molecule has 196 valence electrons. The second kappa shape index (κ2) is 14.0. The molecule has 3 fully saturated rings. The third-order valence-electron chi connectivity index (χ3n) is 7.25. The summed E-state index contributed by atoms with van der Waals surface area (Å²) in [6.07, 6.45) is 9.32. The standard InChI is InChI=1S/C13H23N3O2S.C12H16ClNOS/c1-19-13(18)16-6-2-3-11(9-16)15-7-4-10(5-8-15)12(14)17;1-10-4-2-3-9-14(10)16(15)12-7-5-11(13)6-8-12/h10-11H,2-9H2,1H3,(H2,14,17);5-8,10H,2-4,9H2,1H3/t;10-,16?/m.1/s1. The molecule has 3 heterocycles. The van der Waals surface area contributed by atoms with E-state index >= 15 is 0 Å². The number of primary amides is 1. The van der Waals surface area contributed by atoms with Crippen molar-refractivity contribution < 1.29 is 13.8 Å². The van der Waals surface area contributed by atoms with Gasteiger partial charge in [-0.15, -0.1) is 0 Å². The predicted octanol–water partition coefficient (Wildman–Crippen LogP) is 4.37. The zero-order chi connectivity index (χ0) is 25.4. The Labute approximate surface area is 221 Å². The number of amides is 2. The molecule has 2 amide bonds. The normalized spacial score (nSPS) is 25.4. The van der Waals surface area contributed by atoms with E-state index in [0.29, 0.717) is 17.1 Å². The molecule has 3 saturated heterocycles. The average Bonchev–Trinajstić information content (AvgIpc) is 2.89. The second-order valence-corrected chi connectivity index (χ2v) is 12.2. The number of rotatable bonds is 4. The molecule has 0 radical (unpaired) electrons. The molecule has 1 aromatic carbocycles. The van der Waals surface area contributed by atoms with Gasteiger partial charge in [-0.1, -0.05) is 29.8 Å². The number of benzene rings is 1. The number of carbonyl (C=O) groups excluding carboxylic acids is 2. The fourth-order valence-electron chi connectivity index (χ4n) is 5.10. The van der Waals surface area contributed by atoms with Crippen molar-refractivity contribution in [3.8, 4) is 0 Å². The summed E-state index contributed by atoms with van der Waals surface area (Å²) < 4.78 is 14.4. The monoisotopic (exact) mass is 542 g/mol. The molecule has 3 aliphatic rings. The van der Waals surface area contributed by atoms with Gasteiger partial charge in [0, 0.05) is 42.7 Å². The number of nitrogens with two attached hydrogens (primary N) is 1. The Morgan fingerprint density at radius 3 is 2.29 bits per heavy atom. The summed E-state index contributed by atoms with van der Waals surface area (Å²) in [6.45, 7) is 6.65. The Morgan fingerprint density at radius 1 is 1.00 bits per heavy atom. The third-order valence-corrected chi connectivity index (χ3v) is 9.75. The fraction of sp³-hybridized carbons (Fsp3) is 0.680. The maximum Gasteiger partial charge on any atom is 0.281 e. The lowest BCUT2D eigenvalue weighted by atomic mass is 9.93. The van der Waals surface area contributed by atoms with Gasteiger partial charge in [0.1, 0.15) is 11.0 Å². The Hall–Kier alpha value is -1.13. The zero-order valence-electron chi connectivity index (χ0n) is 20.9. The van der Waals surface area contributed by atoms with E-state index in [4.69, 9.17) is 17.3 Å². The molecule has 0 saturated carbocycles. The first kappa shape index (κ1) is 28.4. The lowest BCUT2D eigenvalue weighted by Gasteiger charge is -2.41. The van der Waals surface area contributed by atoms with E-state index in [1.807, 2.05) is 23.3 Å². The van der Waals surface area contributed by atoms with Crippen molar-refractivity contribution in [2.75, 3.05) is 39.0 Å². The Bertz CT molecular complexity index is 865. The molecule has 0 bridgehead atoms. The van der Waals surface area contributed by atoms with Crippen LogP contribution in [0.25, 0.3) is 0 Å². The highest BCUT2D eigenvalue weighted by Gasteiger charge is 2.31. The van der Waals surface area contributed by atoms with Gasteiger partial charge in [-0.25, -0.2) is 8.51 Å². The summed E-state index contributed by atoms with van der Waals surface area (Å²) in [5, 5.41) is 0.865. The molecular weight excluding hydrogens is 504 g/mol. The predicted molar refractivity (Wildman–Crippen MR) is 145 cm³/mol. The summed E-state index contributed by atoms with van der Waals surface area (Å²) in [6, 6.07) is 8.15. The topological polar surface area (TPSA) is 87.0 Å². The maximum absolute atomic E-state index is 12.3. The van der Waals surface area contributed by atoms with Crippen molar-refractivity contribution in [3.63, 3.8) is 0 Å². The second-order valence-electron chi connectivity index (χ2n) is 9.61. The van der Waals surface area contributed by atoms with Crippen molar-refractivity contribution in [2.24, 2.45) is 11.7 Å². The van der Waals surface area contributed by atoms with Gasteiger partial charge in [-0.3, -0.25) is 14.5 Å². The fourth-order valence-corrected chi connectivity index (χ4v) is 7.02. The van der Waals surface area contributed by atoms with Crippen LogP contribution in [0.5, 0.6) is 0 Å². The molecule has 0 aromatic heterocycles. The Morgan fingerprint density at radius 2 is 1.69 bits per heavy atom. The summed E-state index contributed by atoms with van der Waals surface area (Å²) in [7, 11) is -1.03. The molecule has 4 rings (SSSR count). The Kier molecular flexibility index (Phi) is 11.4. The first-order valence-corrected chi connectivity index (χ1v) is 15.3. The average molecular weight is 543 g/mol. The van der Waals surface area contributed by atoms with E-state index in [0.717, 1.165) is 76.1 Å². The zero-order valence-corrected chi connectivity index (χ0v) is 23.3. The lowest BCUT2D eigenvalue weighted by Crippen LogP contribution is -2.51. The van der Waals surface area contributed by atoms with Crippen LogP contribution in [-0.4, -0.2) is 80.5 Å². The quantitative estimate of drug-likeness (QED) is 0.610. The summed E-state index contributed by atoms with van der Waals surface area (Å²) >= 11 is 7.11. The molecule has 1 aromatic rings. The van der Waals surface area contributed by atoms with E-state index < -0.39 is 11.0 Å². The largest absolute Gasteiger partial charge is 0.369 e. The van der Waals surface area contributed by atoms with Crippen LogP contribution in [0.15, 0.2) is 29.2 Å². The van der Waals surface area contributed by atoms with Gasteiger partial charge in [0.05, 0.1) is 4.90 Å². The molecule has 2 unspecified atom stereocenters. The van der Waals surface area contributed by atoms with Crippen LogP contribution < -0.4 is 5.73 Å². The van der Waals surface area contributed by atoms with Gasteiger partial charge in [-0.2, -0.15) is 0 Å². The first-order valence-electron chi connectivity index (χ1n) is 12.6. The van der Waals surface area contributed by atoms with Crippen molar-refractivity contribution in [3.05, 3.63) is 29.3 Å². The van der Waals surface area contributed by atoms with E-state index in [2.05, 4.69) is 16.1 Å².